The van der Waals surface area contributed by atoms with Crippen molar-refractivity contribution in [1.82, 2.24) is 9.55 Å². The van der Waals surface area contributed by atoms with Gasteiger partial charge in [-0.3, -0.25) is 14.3 Å². The molecule has 44 heavy (non-hydrogen) atoms. The number of carbonyl (C=O) groups is 1. The molecule has 0 saturated heterocycles. The van der Waals surface area contributed by atoms with Crippen LogP contribution in [0.3, 0.4) is 0 Å². The van der Waals surface area contributed by atoms with E-state index in [-0.39, 0.29) is 28.2 Å². The summed E-state index contributed by atoms with van der Waals surface area (Å²) in [6, 6.07) is 16.6. The van der Waals surface area contributed by atoms with E-state index in [1.54, 1.807) is 51.4 Å². The zero-order valence-corrected chi connectivity index (χ0v) is 25.9. The van der Waals surface area contributed by atoms with Crippen LogP contribution in [-0.4, -0.2) is 29.6 Å². The number of pyridine rings is 1. The van der Waals surface area contributed by atoms with Crippen molar-refractivity contribution < 1.29 is 22.3 Å². The lowest BCUT2D eigenvalue weighted by Gasteiger charge is -2.18. The standard InChI is InChI=1S/C33H33FN4O5S/c1-6-21-8-10-23(11-9-21)35-32(39)28-17-26-27(18-38(5)33(40)30(26)36-28)25-16-24(37-44(41,42)7-2)12-13-29(25)43-31-19(3)14-22(34)15-20(31)4/h8-18,36-37H,6-7H2,1-5H3,(H,35,39). The molecule has 228 valence electrons. The van der Waals surface area contributed by atoms with Crippen molar-refractivity contribution in [3.63, 3.8) is 0 Å². The molecule has 0 fully saturated rings. The van der Waals surface area contributed by atoms with Gasteiger partial charge in [0.15, 0.2) is 0 Å². The van der Waals surface area contributed by atoms with Crippen molar-refractivity contribution in [2.45, 2.75) is 34.1 Å². The van der Waals surface area contributed by atoms with E-state index in [1.807, 2.05) is 31.2 Å². The maximum absolute atomic E-state index is 14.0. The summed E-state index contributed by atoms with van der Waals surface area (Å²) in [6.45, 7) is 7.03. The Morgan fingerprint density at radius 3 is 2.25 bits per heavy atom. The third-order valence-electron chi connectivity index (χ3n) is 7.39. The normalized spacial score (nSPS) is 11.5. The third-order valence-corrected chi connectivity index (χ3v) is 8.70. The van der Waals surface area contributed by atoms with Crippen molar-refractivity contribution in [2.24, 2.45) is 7.05 Å². The molecular formula is C33H33FN4O5S. The Kier molecular flexibility index (Phi) is 8.33. The predicted octanol–water partition coefficient (Wildman–Crippen LogP) is 6.66. The van der Waals surface area contributed by atoms with Crippen LogP contribution in [0.15, 0.2) is 71.7 Å². The minimum atomic E-state index is -3.61. The van der Waals surface area contributed by atoms with Gasteiger partial charge in [-0.2, -0.15) is 0 Å². The number of benzene rings is 3. The van der Waals surface area contributed by atoms with E-state index in [1.165, 1.54) is 23.6 Å². The number of H-pyrrole nitrogens is 1. The van der Waals surface area contributed by atoms with Gasteiger partial charge in [-0.25, -0.2) is 12.8 Å². The molecule has 0 aliphatic rings. The molecule has 2 aromatic heterocycles. The summed E-state index contributed by atoms with van der Waals surface area (Å²) in [5.41, 5.74) is 4.13. The molecule has 0 aliphatic heterocycles. The Balaban J connectivity index is 1.66. The fourth-order valence-corrected chi connectivity index (χ4v) is 5.64. The Bertz CT molecular complexity index is 2040. The van der Waals surface area contributed by atoms with Gasteiger partial charge in [-0.1, -0.05) is 19.1 Å². The van der Waals surface area contributed by atoms with Crippen LogP contribution >= 0.6 is 0 Å². The molecule has 0 saturated carbocycles. The number of rotatable bonds is 9. The molecule has 0 radical (unpaired) electrons. The van der Waals surface area contributed by atoms with Crippen LogP contribution in [0, 0.1) is 19.7 Å². The van der Waals surface area contributed by atoms with Crippen molar-refractivity contribution in [2.75, 3.05) is 15.8 Å². The summed E-state index contributed by atoms with van der Waals surface area (Å²) in [5.74, 6) is -0.173. The van der Waals surface area contributed by atoms with Crippen molar-refractivity contribution in [3.8, 4) is 22.6 Å². The first-order chi connectivity index (χ1) is 20.9. The smallest absolute Gasteiger partial charge is 0.274 e. The molecule has 1 amide bonds. The second-order valence-electron chi connectivity index (χ2n) is 10.6. The molecule has 2 heterocycles. The van der Waals surface area contributed by atoms with Crippen LogP contribution in [0.5, 0.6) is 11.5 Å². The van der Waals surface area contributed by atoms with E-state index < -0.39 is 21.7 Å². The second kappa shape index (κ2) is 12.0. The van der Waals surface area contributed by atoms with Gasteiger partial charge < -0.3 is 19.6 Å². The number of aryl methyl sites for hydroxylation is 4. The number of aromatic amines is 1. The zero-order valence-electron chi connectivity index (χ0n) is 25.0. The number of aromatic nitrogens is 2. The van der Waals surface area contributed by atoms with Gasteiger partial charge in [0.1, 0.15) is 28.5 Å². The average Bonchev–Trinajstić information content (AvgIpc) is 3.44. The lowest BCUT2D eigenvalue weighted by molar-refractivity contribution is 0.102. The summed E-state index contributed by atoms with van der Waals surface area (Å²) in [7, 11) is -2.02. The molecule has 0 bridgehead atoms. The monoisotopic (exact) mass is 616 g/mol. The number of halogens is 1. The number of fused-ring (bicyclic) bond motifs is 1. The highest BCUT2D eigenvalue weighted by Crippen LogP contribution is 2.40. The summed E-state index contributed by atoms with van der Waals surface area (Å²) >= 11 is 0. The van der Waals surface area contributed by atoms with Crippen LogP contribution in [0.4, 0.5) is 15.8 Å². The lowest BCUT2D eigenvalue weighted by Crippen LogP contribution is -2.17. The van der Waals surface area contributed by atoms with E-state index in [4.69, 9.17) is 4.74 Å². The first kappa shape index (κ1) is 30.6. The number of amides is 1. The van der Waals surface area contributed by atoms with Gasteiger partial charge >= 0.3 is 0 Å². The third kappa shape index (κ3) is 6.23. The number of sulfonamides is 1. The van der Waals surface area contributed by atoms with Crippen LogP contribution in [0.1, 0.15) is 41.0 Å². The highest BCUT2D eigenvalue weighted by Gasteiger charge is 2.21. The summed E-state index contributed by atoms with van der Waals surface area (Å²) < 4.78 is 49.2. The SMILES string of the molecule is CCc1ccc(NC(=O)c2cc3c(-c4cc(NS(=O)(=O)CC)ccc4Oc4c(C)cc(F)cc4C)cn(C)c(=O)c3[nH]2)cc1. The summed E-state index contributed by atoms with van der Waals surface area (Å²) in [4.78, 5) is 29.4. The first-order valence-electron chi connectivity index (χ1n) is 14.1. The minimum Gasteiger partial charge on any atom is -0.456 e. The van der Waals surface area contributed by atoms with Gasteiger partial charge in [0.2, 0.25) is 10.0 Å². The Labute approximate surface area is 254 Å². The number of hydrogen-bond acceptors (Lipinski definition) is 5. The van der Waals surface area contributed by atoms with Gasteiger partial charge in [0, 0.05) is 41.1 Å². The van der Waals surface area contributed by atoms with Gasteiger partial charge in [-0.05, 0) is 92.4 Å². The van der Waals surface area contributed by atoms with Crippen LogP contribution in [0.25, 0.3) is 22.0 Å². The molecule has 0 unspecified atom stereocenters. The molecule has 5 rings (SSSR count). The van der Waals surface area contributed by atoms with Gasteiger partial charge in [-0.15, -0.1) is 0 Å². The molecule has 3 N–H and O–H groups in total. The number of nitrogens with one attached hydrogen (secondary N) is 3. The molecule has 0 atom stereocenters. The van der Waals surface area contributed by atoms with Gasteiger partial charge in [0.25, 0.3) is 11.5 Å². The highest BCUT2D eigenvalue weighted by molar-refractivity contribution is 7.92. The number of ether oxygens (including phenoxy) is 1. The number of anilines is 2. The largest absolute Gasteiger partial charge is 0.456 e. The Hall–Kier alpha value is -4.90. The summed E-state index contributed by atoms with van der Waals surface area (Å²) in [5, 5.41) is 3.29. The number of hydrogen-bond donors (Lipinski definition) is 3. The van der Waals surface area contributed by atoms with E-state index in [0.717, 1.165) is 12.0 Å². The molecule has 11 heteroatoms. The second-order valence-corrected chi connectivity index (χ2v) is 12.6. The zero-order chi connectivity index (χ0) is 31.8. The molecule has 5 aromatic rings. The predicted molar refractivity (Wildman–Crippen MR) is 172 cm³/mol. The highest BCUT2D eigenvalue weighted by atomic mass is 32.2. The van der Waals surface area contributed by atoms with Crippen molar-refractivity contribution in [3.05, 3.63) is 105 Å². The maximum atomic E-state index is 14.0. The van der Waals surface area contributed by atoms with Crippen LogP contribution < -0.4 is 20.3 Å². The Morgan fingerprint density at radius 1 is 0.955 bits per heavy atom. The molecule has 0 aliphatic carbocycles. The molecule has 9 nitrogen and oxygen atoms in total. The van der Waals surface area contributed by atoms with E-state index >= 15 is 0 Å². The fraction of sp³-hybridized carbons (Fsp3) is 0.212. The molecular weight excluding hydrogens is 583 g/mol. The maximum Gasteiger partial charge on any atom is 0.274 e. The summed E-state index contributed by atoms with van der Waals surface area (Å²) in [6.07, 6.45) is 2.48. The van der Waals surface area contributed by atoms with Crippen molar-refractivity contribution >= 4 is 38.2 Å². The molecule has 0 spiro atoms. The quantitative estimate of drug-likeness (QED) is 0.171. The lowest BCUT2D eigenvalue weighted by atomic mass is 10.0. The number of nitrogens with zero attached hydrogens (tertiary/aromatic N) is 1. The van der Waals surface area contributed by atoms with E-state index in [0.29, 0.717) is 44.8 Å². The van der Waals surface area contributed by atoms with Crippen LogP contribution in [-0.2, 0) is 23.5 Å². The van der Waals surface area contributed by atoms with Crippen LogP contribution in [0.2, 0.25) is 0 Å². The minimum absolute atomic E-state index is 0.129. The fourth-order valence-electron chi connectivity index (χ4n) is 5.01. The molecule has 3 aromatic carbocycles. The topological polar surface area (TPSA) is 122 Å². The first-order valence-corrected chi connectivity index (χ1v) is 15.8. The van der Waals surface area contributed by atoms with Crippen molar-refractivity contribution in [1.29, 1.82) is 0 Å². The van der Waals surface area contributed by atoms with E-state index in [2.05, 4.69) is 15.0 Å². The van der Waals surface area contributed by atoms with E-state index in [9.17, 15) is 22.4 Å². The van der Waals surface area contributed by atoms with Gasteiger partial charge in [0.05, 0.1) is 5.75 Å². The Morgan fingerprint density at radius 2 is 1.61 bits per heavy atom. The average molecular weight is 617 g/mol. The number of carbonyl (C=O) groups excluding carboxylic acids is 1.